The molecule has 3 nitrogen and oxygen atoms in total. The fourth-order valence-corrected chi connectivity index (χ4v) is 1.78. The zero-order valence-corrected chi connectivity index (χ0v) is 10.0. The normalized spacial score (nSPS) is 11.2. The molecule has 2 aromatic carbocycles. The average Bonchev–Trinajstić information content (AvgIpc) is 2.37. The molecule has 0 atom stereocenters. The molecule has 0 aliphatic heterocycles. The van der Waals surface area contributed by atoms with Crippen LogP contribution < -0.4 is 4.74 Å². The first-order chi connectivity index (χ1) is 9.37. The van der Waals surface area contributed by atoms with Crippen molar-refractivity contribution >= 4 is 5.97 Å². The number of alkyl halides is 3. The van der Waals surface area contributed by atoms with Gasteiger partial charge in [0.1, 0.15) is 5.75 Å². The summed E-state index contributed by atoms with van der Waals surface area (Å²) < 4.78 is 40.3. The van der Waals surface area contributed by atoms with E-state index in [4.69, 9.17) is 5.11 Å². The highest BCUT2D eigenvalue weighted by atomic mass is 19.4. The van der Waals surface area contributed by atoms with E-state index in [0.29, 0.717) is 11.1 Å². The third kappa shape index (κ3) is 3.28. The molecule has 104 valence electrons. The minimum Gasteiger partial charge on any atom is -0.478 e. The first kappa shape index (κ1) is 13.9. The summed E-state index contributed by atoms with van der Waals surface area (Å²) >= 11 is 0. The average molecular weight is 282 g/mol. The van der Waals surface area contributed by atoms with Crippen LogP contribution in [0.3, 0.4) is 0 Å². The Morgan fingerprint density at radius 1 is 1.05 bits per heavy atom. The predicted octanol–water partition coefficient (Wildman–Crippen LogP) is 3.95. The van der Waals surface area contributed by atoms with Gasteiger partial charge in [0.15, 0.2) is 0 Å². The van der Waals surface area contributed by atoms with Gasteiger partial charge in [0, 0.05) is 0 Å². The Morgan fingerprint density at radius 2 is 1.75 bits per heavy atom. The van der Waals surface area contributed by atoms with Crippen molar-refractivity contribution in [3.63, 3.8) is 0 Å². The molecular formula is C14H9F3O3. The number of carboxylic acids is 1. The van der Waals surface area contributed by atoms with Gasteiger partial charge in [-0.25, -0.2) is 4.79 Å². The molecule has 6 heteroatoms. The van der Waals surface area contributed by atoms with Crippen LogP contribution in [0.4, 0.5) is 13.2 Å². The Morgan fingerprint density at radius 3 is 2.40 bits per heavy atom. The van der Waals surface area contributed by atoms with E-state index >= 15 is 0 Å². The van der Waals surface area contributed by atoms with Gasteiger partial charge in [-0.15, -0.1) is 13.2 Å². The molecule has 0 aliphatic carbocycles. The maximum absolute atomic E-state index is 12.2. The highest BCUT2D eigenvalue weighted by Gasteiger charge is 2.31. The zero-order valence-electron chi connectivity index (χ0n) is 10.0. The van der Waals surface area contributed by atoms with Crippen LogP contribution >= 0.6 is 0 Å². The van der Waals surface area contributed by atoms with Crippen molar-refractivity contribution in [1.29, 1.82) is 0 Å². The number of carboxylic acid groups (broad SMARTS) is 1. The molecule has 2 aromatic rings. The maximum Gasteiger partial charge on any atom is 0.573 e. The Bertz CT molecular complexity index is 636. The Labute approximate surface area is 112 Å². The minimum absolute atomic E-state index is 0.0108. The molecule has 0 heterocycles. The van der Waals surface area contributed by atoms with E-state index in [1.807, 2.05) is 0 Å². The molecule has 2 rings (SSSR count). The van der Waals surface area contributed by atoms with Gasteiger partial charge in [-0.2, -0.15) is 0 Å². The van der Waals surface area contributed by atoms with E-state index < -0.39 is 18.1 Å². The van der Waals surface area contributed by atoms with E-state index in [0.717, 1.165) is 12.1 Å². The maximum atomic E-state index is 12.2. The second-order valence-corrected chi connectivity index (χ2v) is 3.93. The molecule has 0 aromatic heterocycles. The summed E-state index contributed by atoms with van der Waals surface area (Å²) in [7, 11) is 0. The van der Waals surface area contributed by atoms with Crippen molar-refractivity contribution in [3.05, 3.63) is 54.1 Å². The summed E-state index contributed by atoms with van der Waals surface area (Å²) in [5.41, 5.74) is 0.675. The quantitative estimate of drug-likeness (QED) is 0.927. The topological polar surface area (TPSA) is 46.5 Å². The molecular weight excluding hydrogens is 273 g/mol. The summed E-state index contributed by atoms with van der Waals surface area (Å²) in [6.45, 7) is 0. The van der Waals surface area contributed by atoms with Crippen molar-refractivity contribution < 1.29 is 27.8 Å². The molecule has 0 unspecified atom stereocenters. The summed E-state index contributed by atoms with van der Waals surface area (Å²) in [6, 6.07) is 11.3. The lowest BCUT2D eigenvalue weighted by molar-refractivity contribution is -0.274. The highest BCUT2D eigenvalue weighted by molar-refractivity contribution is 5.96. The molecule has 0 saturated carbocycles. The largest absolute Gasteiger partial charge is 0.573 e. The van der Waals surface area contributed by atoms with Crippen LogP contribution in [-0.4, -0.2) is 17.4 Å². The number of benzene rings is 2. The number of ether oxygens (including phenoxy) is 1. The van der Waals surface area contributed by atoms with Gasteiger partial charge in [-0.3, -0.25) is 0 Å². The summed E-state index contributed by atoms with van der Waals surface area (Å²) in [4.78, 5) is 11.1. The lowest BCUT2D eigenvalue weighted by Gasteiger charge is -2.11. The number of carbonyl (C=O) groups is 1. The number of halogens is 3. The second kappa shape index (κ2) is 5.24. The zero-order chi connectivity index (χ0) is 14.8. The molecule has 1 N–H and O–H groups in total. The van der Waals surface area contributed by atoms with Crippen LogP contribution in [0.15, 0.2) is 48.5 Å². The third-order valence-electron chi connectivity index (χ3n) is 2.54. The molecule has 20 heavy (non-hydrogen) atoms. The van der Waals surface area contributed by atoms with Gasteiger partial charge in [0.2, 0.25) is 0 Å². The van der Waals surface area contributed by atoms with Crippen molar-refractivity contribution in [2.75, 3.05) is 0 Å². The SMILES string of the molecule is O=C(O)c1ccccc1-c1cccc(OC(F)(F)F)c1. The molecule has 0 aliphatic rings. The smallest absolute Gasteiger partial charge is 0.478 e. The Hall–Kier alpha value is -2.50. The lowest BCUT2D eigenvalue weighted by Crippen LogP contribution is -2.17. The van der Waals surface area contributed by atoms with Crippen LogP contribution in [0, 0.1) is 0 Å². The van der Waals surface area contributed by atoms with E-state index in [1.54, 1.807) is 12.1 Å². The summed E-state index contributed by atoms with van der Waals surface area (Å²) in [6.07, 6.45) is -4.79. The molecule has 0 bridgehead atoms. The van der Waals surface area contributed by atoms with Crippen molar-refractivity contribution in [2.45, 2.75) is 6.36 Å². The van der Waals surface area contributed by atoms with Crippen LogP contribution in [-0.2, 0) is 0 Å². The van der Waals surface area contributed by atoms with Gasteiger partial charge in [-0.1, -0.05) is 30.3 Å². The lowest BCUT2D eigenvalue weighted by atomic mass is 10.00. The van der Waals surface area contributed by atoms with Crippen molar-refractivity contribution in [2.24, 2.45) is 0 Å². The fraction of sp³-hybridized carbons (Fsp3) is 0.0714. The van der Waals surface area contributed by atoms with Crippen LogP contribution in [0.25, 0.3) is 11.1 Å². The molecule has 0 saturated heterocycles. The Kier molecular flexibility index (Phi) is 3.65. The third-order valence-corrected chi connectivity index (χ3v) is 2.54. The van der Waals surface area contributed by atoms with E-state index in [2.05, 4.69) is 4.74 Å². The molecule has 0 spiro atoms. The van der Waals surface area contributed by atoms with Crippen molar-refractivity contribution in [3.8, 4) is 16.9 Å². The van der Waals surface area contributed by atoms with Crippen molar-refractivity contribution in [1.82, 2.24) is 0 Å². The van der Waals surface area contributed by atoms with Gasteiger partial charge < -0.3 is 9.84 Å². The second-order valence-electron chi connectivity index (χ2n) is 3.93. The Balaban J connectivity index is 2.44. The van der Waals surface area contributed by atoms with E-state index in [9.17, 15) is 18.0 Å². The van der Waals surface area contributed by atoms with Gasteiger partial charge in [0.05, 0.1) is 5.56 Å². The number of aromatic carboxylic acids is 1. The monoisotopic (exact) mass is 282 g/mol. The molecule has 0 radical (unpaired) electrons. The fourth-order valence-electron chi connectivity index (χ4n) is 1.78. The molecule has 0 amide bonds. The summed E-state index contributed by atoms with van der Waals surface area (Å²) in [5, 5.41) is 9.07. The standard InChI is InChI=1S/C14H9F3O3/c15-14(16,17)20-10-5-3-4-9(8-10)11-6-1-2-7-12(11)13(18)19/h1-8H,(H,18,19). The van der Waals surface area contributed by atoms with E-state index in [1.165, 1.54) is 24.3 Å². The number of rotatable bonds is 3. The van der Waals surface area contributed by atoms with Crippen LogP contribution in [0.1, 0.15) is 10.4 Å². The molecule has 0 fully saturated rings. The van der Waals surface area contributed by atoms with Gasteiger partial charge >= 0.3 is 12.3 Å². The van der Waals surface area contributed by atoms with Crippen LogP contribution in [0.2, 0.25) is 0 Å². The first-order valence-electron chi connectivity index (χ1n) is 5.55. The number of hydrogen-bond acceptors (Lipinski definition) is 2. The van der Waals surface area contributed by atoms with Gasteiger partial charge in [-0.05, 0) is 29.3 Å². The van der Waals surface area contributed by atoms with Crippen LogP contribution in [0.5, 0.6) is 5.75 Å². The predicted molar refractivity (Wildman–Crippen MR) is 65.5 cm³/mol. The van der Waals surface area contributed by atoms with Gasteiger partial charge in [0.25, 0.3) is 0 Å². The van der Waals surface area contributed by atoms with E-state index in [-0.39, 0.29) is 5.56 Å². The summed E-state index contributed by atoms with van der Waals surface area (Å²) in [5.74, 6) is -1.54. The first-order valence-corrected chi connectivity index (χ1v) is 5.55. The minimum atomic E-state index is -4.79. The number of hydrogen-bond donors (Lipinski definition) is 1. The highest BCUT2D eigenvalue weighted by Crippen LogP contribution is 2.29.